The van der Waals surface area contributed by atoms with E-state index < -0.39 is 10.0 Å². The molecule has 1 aromatic carbocycles. The number of sulfonamides is 1. The fourth-order valence-electron chi connectivity index (χ4n) is 2.35. The number of aryl methyl sites for hydroxylation is 1. The second-order valence-corrected chi connectivity index (χ2v) is 7.64. The molecular weight excluding hydrogens is 350 g/mol. The number of carbonyl (C=O) groups excluding carboxylic acids is 1. The fourth-order valence-corrected chi connectivity index (χ4v) is 3.80. The van der Waals surface area contributed by atoms with Gasteiger partial charge in [-0.3, -0.25) is 4.79 Å². The van der Waals surface area contributed by atoms with E-state index in [0.717, 1.165) is 11.1 Å². The predicted molar refractivity (Wildman–Crippen MR) is 103 cm³/mol. The van der Waals surface area contributed by atoms with Gasteiger partial charge in [-0.15, -0.1) is 0 Å². The Morgan fingerprint density at radius 1 is 1.12 bits per heavy atom. The molecule has 2 aromatic rings. The van der Waals surface area contributed by atoms with Gasteiger partial charge in [-0.05, 0) is 42.3 Å². The number of hydrogen-bond donors (Lipinski definition) is 1. The highest BCUT2D eigenvalue weighted by Gasteiger charge is 2.20. The van der Waals surface area contributed by atoms with Crippen molar-refractivity contribution in [2.45, 2.75) is 25.7 Å². The minimum absolute atomic E-state index is 0.242. The van der Waals surface area contributed by atoms with Crippen molar-refractivity contribution >= 4 is 27.8 Å². The molecule has 0 saturated carbocycles. The van der Waals surface area contributed by atoms with Gasteiger partial charge in [-0.2, -0.15) is 4.31 Å². The van der Waals surface area contributed by atoms with Crippen LogP contribution < -0.4 is 5.32 Å². The van der Waals surface area contributed by atoms with Gasteiger partial charge in [0.2, 0.25) is 15.9 Å². The quantitative estimate of drug-likeness (QED) is 0.757. The molecule has 0 aliphatic carbocycles. The van der Waals surface area contributed by atoms with E-state index in [4.69, 9.17) is 0 Å². The summed E-state index contributed by atoms with van der Waals surface area (Å²) in [7, 11) is -3.47. The van der Waals surface area contributed by atoms with Crippen LogP contribution in [0.3, 0.4) is 0 Å². The van der Waals surface area contributed by atoms with Gasteiger partial charge < -0.3 is 5.32 Å². The highest BCUT2D eigenvalue weighted by atomic mass is 32.2. The van der Waals surface area contributed by atoms with Crippen molar-refractivity contribution in [2.24, 2.45) is 0 Å². The summed E-state index contributed by atoms with van der Waals surface area (Å²) in [6.07, 6.45) is 4.68. The van der Waals surface area contributed by atoms with Crippen LogP contribution in [-0.2, 0) is 14.8 Å². The summed E-state index contributed by atoms with van der Waals surface area (Å²) < 4.78 is 26.3. The van der Waals surface area contributed by atoms with Crippen LogP contribution in [0.4, 0.5) is 5.82 Å². The van der Waals surface area contributed by atoms with Gasteiger partial charge in [0.15, 0.2) is 0 Å². The van der Waals surface area contributed by atoms with Crippen LogP contribution in [-0.4, -0.2) is 36.7 Å². The summed E-state index contributed by atoms with van der Waals surface area (Å²) in [5.74, 6) is 0.173. The Morgan fingerprint density at radius 3 is 2.31 bits per heavy atom. The molecule has 1 amide bonds. The summed E-state index contributed by atoms with van der Waals surface area (Å²) in [5, 5.41) is 2.67. The molecule has 0 radical (unpaired) electrons. The smallest absolute Gasteiger partial charge is 0.249 e. The molecule has 0 bridgehead atoms. The van der Waals surface area contributed by atoms with Crippen molar-refractivity contribution in [3.8, 4) is 0 Å². The maximum Gasteiger partial charge on any atom is 0.249 e. The maximum absolute atomic E-state index is 12.4. The van der Waals surface area contributed by atoms with Crippen LogP contribution in [0.15, 0.2) is 53.6 Å². The summed E-state index contributed by atoms with van der Waals surface area (Å²) in [6.45, 7) is 6.38. The van der Waals surface area contributed by atoms with E-state index in [0.29, 0.717) is 18.9 Å². The Labute approximate surface area is 154 Å². The van der Waals surface area contributed by atoms with Gasteiger partial charge in [0.05, 0.1) is 4.90 Å². The van der Waals surface area contributed by atoms with E-state index in [1.54, 1.807) is 56.5 Å². The van der Waals surface area contributed by atoms with Crippen molar-refractivity contribution in [1.29, 1.82) is 0 Å². The van der Waals surface area contributed by atoms with Crippen molar-refractivity contribution in [3.63, 3.8) is 0 Å². The number of pyridine rings is 1. The highest BCUT2D eigenvalue weighted by molar-refractivity contribution is 7.89. The number of nitrogens with zero attached hydrogens (tertiary/aromatic N) is 2. The molecule has 0 aliphatic rings. The third-order valence-corrected chi connectivity index (χ3v) is 5.88. The molecular formula is C19H23N3O3S. The van der Waals surface area contributed by atoms with E-state index in [2.05, 4.69) is 10.3 Å². The average molecular weight is 373 g/mol. The van der Waals surface area contributed by atoms with Gasteiger partial charge in [-0.25, -0.2) is 13.4 Å². The normalized spacial score (nSPS) is 11.8. The number of benzene rings is 1. The van der Waals surface area contributed by atoms with Crippen molar-refractivity contribution in [2.75, 3.05) is 18.4 Å². The molecule has 1 aromatic heterocycles. The van der Waals surface area contributed by atoms with Gasteiger partial charge in [0, 0.05) is 25.4 Å². The summed E-state index contributed by atoms with van der Waals surface area (Å²) >= 11 is 0. The number of hydrogen-bond acceptors (Lipinski definition) is 4. The van der Waals surface area contributed by atoms with E-state index in [1.807, 2.05) is 13.0 Å². The monoisotopic (exact) mass is 373 g/mol. The van der Waals surface area contributed by atoms with Gasteiger partial charge >= 0.3 is 0 Å². The molecule has 1 heterocycles. The predicted octanol–water partition coefficient (Wildman–Crippen LogP) is 3.07. The first-order valence-corrected chi connectivity index (χ1v) is 9.82. The molecule has 0 fully saturated rings. The zero-order valence-electron chi connectivity index (χ0n) is 15.1. The lowest BCUT2D eigenvalue weighted by atomic mass is 10.2. The van der Waals surface area contributed by atoms with Crippen LogP contribution in [0.25, 0.3) is 6.08 Å². The fraction of sp³-hybridized carbons (Fsp3) is 0.263. The van der Waals surface area contributed by atoms with Gasteiger partial charge in [-0.1, -0.05) is 32.0 Å². The number of carbonyl (C=O) groups is 1. The van der Waals surface area contributed by atoms with Gasteiger partial charge in [0.25, 0.3) is 0 Å². The standard InChI is InChI=1S/C19H23N3O3S/c1-4-22(5-2)26(24,25)17-10-7-16(8-11-17)9-13-19(23)21-18-12-6-15(3)14-20-18/h6-14H,4-5H2,1-3H3,(H,20,21,23)/b13-9+. The van der Waals surface area contributed by atoms with E-state index >= 15 is 0 Å². The number of nitrogens with one attached hydrogen (secondary N) is 1. The molecule has 0 atom stereocenters. The lowest BCUT2D eigenvalue weighted by Crippen LogP contribution is -2.30. The molecule has 0 unspecified atom stereocenters. The van der Waals surface area contributed by atoms with Gasteiger partial charge in [0.1, 0.15) is 5.82 Å². The summed E-state index contributed by atoms with van der Waals surface area (Å²) in [6, 6.07) is 10.0. The second kappa shape index (κ2) is 8.73. The minimum Gasteiger partial charge on any atom is -0.307 e. The molecule has 0 spiro atoms. The summed E-state index contributed by atoms with van der Waals surface area (Å²) in [4.78, 5) is 16.3. The SMILES string of the molecule is CCN(CC)S(=O)(=O)c1ccc(/C=C/C(=O)Nc2ccc(C)cn2)cc1. The van der Waals surface area contributed by atoms with E-state index in [1.165, 1.54) is 10.4 Å². The molecule has 1 N–H and O–H groups in total. The zero-order chi connectivity index (χ0) is 19.2. The maximum atomic E-state index is 12.4. The number of amides is 1. The van der Waals surface area contributed by atoms with Crippen LogP contribution in [0.1, 0.15) is 25.0 Å². The minimum atomic E-state index is -3.47. The molecule has 2 rings (SSSR count). The van der Waals surface area contributed by atoms with Crippen molar-refractivity contribution in [3.05, 3.63) is 59.8 Å². The first kappa shape index (κ1) is 19.8. The summed E-state index contributed by atoms with van der Waals surface area (Å²) in [5.41, 5.74) is 1.74. The van der Waals surface area contributed by atoms with Crippen LogP contribution >= 0.6 is 0 Å². The first-order chi connectivity index (χ1) is 12.4. The highest BCUT2D eigenvalue weighted by Crippen LogP contribution is 2.16. The molecule has 26 heavy (non-hydrogen) atoms. The first-order valence-electron chi connectivity index (χ1n) is 8.38. The zero-order valence-corrected chi connectivity index (χ0v) is 16.0. The van der Waals surface area contributed by atoms with E-state index in [-0.39, 0.29) is 10.8 Å². The molecule has 0 aliphatic heterocycles. The topological polar surface area (TPSA) is 79.4 Å². The molecule has 6 nitrogen and oxygen atoms in total. The lowest BCUT2D eigenvalue weighted by Gasteiger charge is -2.18. The van der Waals surface area contributed by atoms with Crippen molar-refractivity contribution < 1.29 is 13.2 Å². The van der Waals surface area contributed by atoms with Crippen LogP contribution in [0, 0.1) is 6.92 Å². The Kier molecular flexibility index (Phi) is 6.65. The Hall–Kier alpha value is -2.51. The number of aromatic nitrogens is 1. The largest absolute Gasteiger partial charge is 0.307 e. The molecule has 138 valence electrons. The lowest BCUT2D eigenvalue weighted by molar-refractivity contribution is -0.111. The number of rotatable bonds is 7. The average Bonchev–Trinajstić information content (AvgIpc) is 2.63. The van der Waals surface area contributed by atoms with Crippen LogP contribution in [0.5, 0.6) is 0 Å². The molecule has 0 saturated heterocycles. The third-order valence-electron chi connectivity index (χ3n) is 3.81. The molecule has 7 heteroatoms. The number of anilines is 1. The van der Waals surface area contributed by atoms with Crippen LogP contribution in [0.2, 0.25) is 0 Å². The Bertz CT molecular complexity index is 869. The third kappa shape index (κ3) is 5.00. The second-order valence-electron chi connectivity index (χ2n) is 5.70. The van der Waals surface area contributed by atoms with Crippen molar-refractivity contribution in [1.82, 2.24) is 9.29 Å². The Balaban J connectivity index is 2.05. The van der Waals surface area contributed by atoms with E-state index in [9.17, 15) is 13.2 Å². The Morgan fingerprint density at radius 2 is 1.77 bits per heavy atom.